The average molecular weight is 379 g/mol. The van der Waals surface area contributed by atoms with Gasteiger partial charge in [0.15, 0.2) is 5.11 Å². The number of hydrogen-bond donors (Lipinski definition) is 2. The fourth-order valence-corrected chi connectivity index (χ4v) is 2.53. The largest absolute Gasteiger partial charge is 0.375 e. The zero-order chi connectivity index (χ0) is 18.2. The first-order valence-electron chi connectivity index (χ1n) is 7.86. The van der Waals surface area contributed by atoms with Crippen molar-refractivity contribution in [1.82, 2.24) is 5.43 Å². The highest BCUT2D eigenvalue weighted by Crippen LogP contribution is 2.19. The molecule has 0 aliphatic carbocycles. The molecule has 0 heterocycles. The zero-order valence-electron chi connectivity index (χ0n) is 14.1. The van der Waals surface area contributed by atoms with Gasteiger partial charge in [-0.05, 0) is 54.5 Å². The van der Waals surface area contributed by atoms with Gasteiger partial charge < -0.3 is 10.2 Å². The van der Waals surface area contributed by atoms with Crippen LogP contribution in [0, 0.1) is 5.82 Å². The summed E-state index contributed by atoms with van der Waals surface area (Å²) in [4.78, 5) is 2.20. The Bertz CT molecular complexity index is 749. The molecule has 2 aromatic carbocycles. The van der Waals surface area contributed by atoms with E-state index in [-0.39, 0.29) is 5.02 Å². The number of rotatable bonds is 6. The van der Waals surface area contributed by atoms with Gasteiger partial charge in [0.1, 0.15) is 5.82 Å². The summed E-state index contributed by atoms with van der Waals surface area (Å²) in [6, 6.07) is 12.4. The molecule has 25 heavy (non-hydrogen) atoms. The maximum Gasteiger partial charge on any atom is 0.191 e. The van der Waals surface area contributed by atoms with Gasteiger partial charge in [0.25, 0.3) is 0 Å². The third-order valence-electron chi connectivity index (χ3n) is 3.45. The normalized spacial score (nSPS) is 10.7. The highest BCUT2D eigenvalue weighted by atomic mass is 35.5. The Balaban J connectivity index is 1.87. The molecular formula is C18H20ClFN4S. The van der Waals surface area contributed by atoms with Crippen molar-refractivity contribution in [2.45, 2.75) is 13.3 Å². The molecule has 7 heteroatoms. The van der Waals surface area contributed by atoms with Crippen molar-refractivity contribution >= 4 is 46.5 Å². The zero-order valence-corrected chi connectivity index (χ0v) is 15.7. The van der Waals surface area contributed by atoms with Crippen LogP contribution < -0.4 is 15.6 Å². The molecule has 4 nitrogen and oxygen atoms in total. The van der Waals surface area contributed by atoms with E-state index in [1.54, 1.807) is 12.3 Å². The van der Waals surface area contributed by atoms with Crippen molar-refractivity contribution in [2.75, 3.05) is 23.8 Å². The van der Waals surface area contributed by atoms with Crippen LogP contribution >= 0.6 is 23.8 Å². The van der Waals surface area contributed by atoms with Gasteiger partial charge in [-0.2, -0.15) is 5.10 Å². The van der Waals surface area contributed by atoms with Gasteiger partial charge in [-0.15, -0.1) is 0 Å². The van der Waals surface area contributed by atoms with Crippen LogP contribution in [0.3, 0.4) is 0 Å². The second kappa shape index (κ2) is 9.34. The Hall–Kier alpha value is -2.18. The Kier molecular flexibility index (Phi) is 7.16. The van der Waals surface area contributed by atoms with E-state index in [2.05, 4.69) is 34.7 Å². The number of hydrogen-bond acceptors (Lipinski definition) is 3. The molecule has 0 fully saturated rings. The number of thiocarbonyl (C=S) groups is 1. The van der Waals surface area contributed by atoms with E-state index in [1.807, 2.05) is 24.3 Å². The first kappa shape index (κ1) is 19.1. The summed E-state index contributed by atoms with van der Waals surface area (Å²) in [7, 11) is 2.07. The summed E-state index contributed by atoms with van der Waals surface area (Å²) < 4.78 is 13.1. The lowest BCUT2D eigenvalue weighted by Crippen LogP contribution is -2.23. The van der Waals surface area contributed by atoms with E-state index >= 15 is 0 Å². The molecule has 132 valence electrons. The smallest absolute Gasteiger partial charge is 0.191 e. The molecule has 0 saturated heterocycles. The molecule has 0 aromatic heterocycles. The second-order valence-corrected chi connectivity index (χ2v) is 6.28. The fourth-order valence-electron chi connectivity index (χ4n) is 2.18. The van der Waals surface area contributed by atoms with E-state index in [4.69, 9.17) is 23.8 Å². The number of benzene rings is 2. The maximum atomic E-state index is 13.1. The van der Waals surface area contributed by atoms with Crippen molar-refractivity contribution < 1.29 is 4.39 Å². The predicted octanol–water partition coefficient (Wildman–Crippen LogP) is 4.65. The Morgan fingerprint density at radius 1 is 1.28 bits per heavy atom. The van der Waals surface area contributed by atoms with E-state index in [0.29, 0.717) is 10.8 Å². The van der Waals surface area contributed by atoms with Crippen LogP contribution in [0.4, 0.5) is 15.8 Å². The lowest BCUT2D eigenvalue weighted by molar-refractivity contribution is 0.628. The van der Waals surface area contributed by atoms with Crippen molar-refractivity contribution in [2.24, 2.45) is 5.10 Å². The summed E-state index contributed by atoms with van der Waals surface area (Å²) in [6.45, 7) is 3.17. The molecule has 0 bridgehead atoms. The fraction of sp³-hybridized carbons (Fsp3) is 0.222. The van der Waals surface area contributed by atoms with Crippen molar-refractivity contribution in [3.8, 4) is 0 Å². The molecule has 0 spiro atoms. The predicted molar refractivity (Wildman–Crippen MR) is 108 cm³/mol. The standard InChI is InChI=1S/C18H20ClFN4S/c1-3-10-24(2)15-7-4-13(5-8-15)12-21-23-18(25)22-14-6-9-17(20)16(19)11-14/h4-9,11-12H,3,10H2,1-2H3,(H2,22,23,25)/b21-12-. The minimum atomic E-state index is -0.475. The van der Waals surface area contributed by atoms with Crippen LogP contribution in [0.1, 0.15) is 18.9 Å². The number of nitrogens with zero attached hydrogens (tertiary/aromatic N) is 2. The highest BCUT2D eigenvalue weighted by Gasteiger charge is 2.02. The average Bonchev–Trinajstić information content (AvgIpc) is 2.59. The first-order chi connectivity index (χ1) is 12.0. The van der Waals surface area contributed by atoms with Gasteiger partial charge in [0, 0.05) is 25.0 Å². The van der Waals surface area contributed by atoms with E-state index in [0.717, 1.165) is 24.2 Å². The lowest BCUT2D eigenvalue weighted by Gasteiger charge is -2.18. The van der Waals surface area contributed by atoms with E-state index < -0.39 is 5.82 Å². The van der Waals surface area contributed by atoms with Gasteiger partial charge in [-0.25, -0.2) is 4.39 Å². The third-order valence-corrected chi connectivity index (χ3v) is 3.93. The van der Waals surface area contributed by atoms with Crippen molar-refractivity contribution in [3.05, 3.63) is 58.9 Å². The monoisotopic (exact) mass is 378 g/mol. The topological polar surface area (TPSA) is 39.7 Å². The SMILES string of the molecule is CCCN(C)c1ccc(/C=N\NC(=S)Nc2ccc(F)c(Cl)c2)cc1. The van der Waals surface area contributed by atoms with Crippen LogP contribution in [0.15, 0.2) is 47.6 Å². The minimum absolute atomic E-state index is 0.0319. The number of nitrogens with one attached hydrogen (secondary N) is 2. The quantitative estimate of drug-likeness (QED) is 0.436. The molecule has 0 aliphatic rings. The Morgan fingerprint density at radius 2 is 2.00 bits per heavy atom. The van der Waals surface area contributed by atoms with Gasteiger partial charge in [0.2, 0.25) is 0 Å². The van der Waals surface area contributed by atoms with Gasteiger partial charge in [-0.3, -0.25) is 5.43 Å². The Labute approximate surface area is 157 Å². The van der Waals surface area contributed by atoms with Crippen molar-refractivity contribution in [1.29, 1.82) is 0 Å². The molecule has 2 aromatic rings. The van der Waals surface area contributed by atoms with Crippen molar-refractivity contribution in [3.63, 3.8) is 0 Å². The summed E-state index contributed by atoms with van der Waals surface area (Å²) in [6.07, 6.45) is 2.78. The van der Waals surface area contributed by atoms with Crippen LogP contribution in [0.5, 0.6) is 0 Å². The van der Waals surface area contributed by atoms with E-state index in [1.165, 1.54) is 12.1 Å². The summed E-state index contributed by atoms with van der Waals surface area (Å²) in [5.74, 6) is -0.475. The summed E-state index contributed by atoms with van der Waals surface area (Å²) >= 11 is 10.9. The molecule has 2 N–H and O–H groups in total. The van der Waals surface area contributed by atoms with Gasteiger partial charge >= 0.3 is 0 Å². The van der Waals surface area contributed by atoms with Gasteiger partial charge in [-0.1, -0.05) is 30.7 Å². The number of anilines is 2. The number of halogens is 2. The first-order valence-corrected chi connectivity index (χ1v) is 8.64. The lowest BCUT2D eigenvalue weighted by atomic mass is 10.2. The van der Waals surface area contributed by atoms with Crippen LogP contribution in [0.2, 0.25) is 5.02 Å². The molecule has 2 rings (SSSR count). The highest BCUT2D eigenvalue weighted by molar-refractivity contribution is 7.80. The maximum absolute atomic E-state index is 13.1. The van der Waals surface area contributed by atoms with Gasteiger partial charge in [0.05, 0.1) is 11.2 Å². The summed E-state index contributed by atoms with van der Waals surface area (Å²) in [5, 5.41) is 7.29. The van der Waals surface area contributed by atoms with Crippen LogP contribution in [-0.4, -0.2) is 24.9 Å². The minimum Gasteiger partial charge on any atom is -0.375 e. The molecule has 0 saturated carbocycles. The van der Waals surface area contributed by atoms with Crippen LogP contribution in [-0.2, 0) is 0 Å². The molecule has 0 radical (unpaired) electrons. The summed E-state index contributed by atoms with van der Waals surface area (Å²) in [5.41, 5.74) is 5.42. The Morgan fingerprint density at radius 3 is 2.64 bits per heavy atom. The molecular weight excluding hydrogens is 359 g/mol. The molecule has 0 amide bonds. The molecule has 0 unspecified atom stereocenters. The molecule has 0 aliphatic heterocycles. The number of hydrazone groups is 1. The third kappa shape index (κ3) is 5.99. The second-order valence-electron chi connectivity index (χ2n) is 5.47. The molecule has 0 atom stereocenters. The van der Waals surface area contributed by atoms with E-state index in [9.17, 15) is 4.39 Å². The van der Waals surface area contributed by atoms with Crippen LogP contribution in [0.25, 0.3) is 0 Å².